The van der Waals surface area contributed by atoms with E-state index in [-0.39, 0.29) is 11.9 Å². The smallest absolute Gasteiger partial charge is 0.239 e. The maximum Gasteiger partial charge on any atom is 0.239 e. The van der Waals surface area contributed by atoms with Crippen LogP contribution in [0.15, 0.2) is 24.4 Å². The van der Waals surface area contributed by atoms with Crippen molar-refractivity contribution < 1.29 is 4.79 Å². The zero-order chi connectivity index (χ0) is 18.3. The molecule has 2 N–H and O–H groups in total. The number of likely N-dealkylation sites (N-methyl/N-ethyl adjacent to an activating group) is 1. The summed E-state index contributed by atoms with van der Waals surface area (Å²) in [6.07, 6.45) is 2.85. The van der Waals surface area contributed by atoms with E-state index in [1.807, 2.05) is 29.6 Å². The summed E-state index contributed by atoms with van der Waals surface area (Å²) in [4.78, 5) is 18.0. The Labute approximate surface area is 152 Å². The Morgan fingerprint density at radius 3 is 3.04 bits per heavy atom. The van der Waals surface area contributed by atoms with Gasteiger partial charge in [-0.05, 0) is 44.5 Å². The number of H-pyrrole nitrogens is 1. The Balaban J connectivity index is 1.40. The number of benzene rings is 1. The van der Waals surface area contributed by atoms with Gasteiger partial charge >= 0.3 is 0 Å². The van der Waals surface area contributed by atoms with E-state index in [1.54, 1.807) is 0 Å². The lowest BCUT2D eigenvalue weighted by molar-refractivity contribution is -0.127. The molecule has 4 rings (SSSR count). The lowest BCUT2D eigenvalue weighted by Crippen LogP contribution is -2.50. The second-order valence-corrected chi connectivity index (χ2v) is 7.06. The third-order valence-corrected chi connectivity index (χ3v) is 5.28. The molecule has 1 aliphatic heterocycles. The molecule has 7 heteroatoms. The molecule has 1 amide bonds. The number of aromatic nitrogens is 4. The molecule has 26 heavy (non-hydrogen) atoms. The lowest BCUT2D eigenvalue weighted by Gasteiger charge is -2.32. The van der Waals surface area contributed by atoms with Gasteiger partial charge in [-0.1, -0.05) is 12.1 Å². The first-order valence-electron chi connectivity index (χ1n) is 8.97. The average molecular weight is 352 g/mol. The Kier molecular flexibility index (Phi) is 4.24. The van der Waals surface area contributed by atoms with Crippen LogP contribution < -0.4 is 5.32 Å². The van der Waals surface area contributed by atoms with Gasteiger partial charge in [0.2, 0.25) is 5.91 Å². The normalized spacial score (nSPS) is 17.4. The van der Waals surface area contributed by atoms with Gasteiger partial charge in [0.15, 0.2) is 0 Å². The van der Waals surface area contributed by atoms with Gasteiger partial charge in [0.05, 0.1) is 13.1 Å². The van der Waals surface area contributed by atoms with Gasteiger partial charge < -0.3 is 14.9 Å². The standard InChI is InChI=1S/C19H24N6O/c1-12-5-4-6-15-18(12)14(9-21-15)7-8-20-19(26)16-10-25-13(2)22-23-17(25)11-24(16)3/h4-6,9,16,21H,7-8,10-11H2,1-3H3,(H,20,26). The first-order chi connectivity index (χ1) is 12.5. The highest BCUT2D eigenvalue weighted by Gasteiger charge is 2.30. The van der Waals surface area contributed by atoms with Crippen molar-refractivity contribution in [2.45, 2.75) is 39.4 Å². The second kappa shape index (κ2) is 6.57. The fourth-order valence-corrected chi connectivity index (χ4v) is 3.79. The molecule has 0 spiro atoms. The van der Waals surface area contributed by atoms with Crippen molar-refractivity contribution in [2.24, 2.45) is 0 Å². The number of fused-ring (bicyclic) bond motifs is 2. The molecule has 1 aliphatic rings. The van der Waals surface area contributed by atoms with Gasteiger partial charge in [-0.3, -0.25) is 9.69 Å². The molecule has 0 saturated carbocycles. The predicted molar refractivity (Wildman–Crippen MR) is 99.8 cm³/mol. The van der Waals surface area contributed by atoms with Crippen molar-refractivity contribution in [1.82, 2.24) is 30.0 Å². The third-order valence-electron chi connectivity index (χ3n) is 5.28. The molecule has 0 radical (unpaired) electrons. The summed E-state index contributed by atoms with van der Waals surface area (Å²) in [7, 11) is 1.96. The van der Waals surface area contributed by atoms with Crippen LogP contribution in [0, 0.1) is 13.8 Å². The monoisotopic (exact) mass is 352 g/mol. The summed E-state index contributed by atoms with van der Waals surface area (Å²) in [5.74, 6) is 1.84. The number of rotatable bonds is 4. The summed E-state index contributed by atoms with van der Waals surface area (Å²) >= 11 is 0. The van der Waals surface area contributed by atoms with Crippen LogP contribution in [0.3, 0.4) is 0 Å². The van der Waals surface area contributed by atoms with Gasteiger partial charge in [0.1, 0.15) is 17.7 Å². The Morgan fingerprint density at radius 1 is 1.35 bits per heavy atom. The van der Waals surface area contributed by atoms with Crippen LogP contribution in [0.4, 0.5) is 0 Å². The largest absolute Gasteiger partial charge is 0.361 e. The van der Waals surface area contributed by atoms with Crippen LogP contribution in [0.25, 0.3) is 10.9 Å². The summed E-state index contributed by atoms with van der Waals surface area (Å²) in [6.45, 7) is 5.91. The van der Waals surface area contributed by atoms with E-state index in [9.17, 15) is 4.79 Å². The van der Waals surface area contributed by atoms with Crippen LogP contribution in [0.1, 0.15) is 22.8 Å². The topological polar surface area (TPSA) is 78.8 Å². The number of hydrogen-bond acceptors (Lipinski definition) is 4. The molecule has 0 fully saturated rings. The van der Waals surface area contributed by atoms with E-state index in [4.69, 9.17) is 0 Å². The van der Waals surface area contributed by atoms with Gasteiger partial charge in [-0.15, -0.1) is 10.2 Å². The maximum atomic E-state index is 12.7. The van der Waals surface area contributed by atoms with Crippen LogP contribution in [-0.2, 0) is 24.3 Å². The summed E-state index contributed by atoms with van der Waals surface area (Å²) in [5.41, 5.74) is 3.65. The van der Waals surface area contributed by atoms with Crippen molar-refractivity contribution >= 4 is 16.8 Å². The third kappa shape index (κ3) is 2.88. The minimum absolute atomic E-state index is 0.0582. The summed E-state index contributed by atoms with van der Waals surface area (Å²) in [6, 6.07) is 6.07. The SMILES string of the molecule is Cc1cccc2[nH]cc(CCNC(=O)C3Cn4c(C)nnc4CN3C)c12. The molecule has 0 aliphatic carbocycles. The van der Waals surface area contributed by atoms with Crippen LogP contribution in [0.5, 0.6) is 0 Å². The number of carbonyl (C=O) groups is 1. The van der Waals surface area contributed by atoms with Crippen molar-refractivity contribution in [3.8, 4) is 0 Å². The second-order valence-electron chi connectivity index (χ2n) is 7.06. The molecule has 136 valence electrons. The Hall–Kier alpha value is -2.67. The quantitative estimate of drug-likeness (QED) is 0.747. The minimum Gasteiger partial charge on any atom is -0.361 e. The highest BCUT2D eigenvalue weighted by Crippen LogP contribution is 2.22. The van der Waals surface area contributed by atoms with Crippen molar-refractivity contribution in [1.29, 1.82) is 0 Å². The fraction of sp³-hybridized carbons (Fsp3) is 0.421. The Morgan fingerprint density at radius 2 is 2.19 bits per heavy atom. The van der Waals surface area contributed by atoms with E-state index < -0.39 is 0 Å². The number of hydrogen-bond donors (Lipinski definition) is 2. The molecule has 3 aromatic rings. The first kappa shape index (κ1) is 16.8. The highest BCUT2D eigenvalue weighted by molar-refractivity contribution is 5.86. The molecule has 2 aromatic heterocycles. The summed E-state index contributed by atoms with van der Waals surface area (Å²) < 4.78 is 2.03. The van der Waals surface area contributed by atoms with E-state index >= 15 is 0 Å². The van der Waals surface area contributed by atoms with Crippen molar-refractivity contribution in [3.63, 3.8) is 0 Å². The first-order valence-corrected chi connectivity index (χ1v) is 8.97. The molecule has 1 unspecified atom stereocenters. The maximum absolute atomic E-state index is 12.7. The zero-order valence-corrected chi connectivity index (χ0v) is 15.4. The molecule has 0 bridgehead atoms. The van der Waals surface area contributed by atoms with Gasteiger partial charge in [0.25, 0.3) is 0 Å². The number of amides is 1. The molecular weight excluding hydrogens is 328 g/mol. The van der Waals surface area contributed by atoms with Crippen LogP contribution >= 0.6 is 0 Å². The van der Waals surface area contributed by atoms with Crippen LogP contribution in [-0.4, -0.2) is 50.2 Å². The molecule has 0 saturated heterocycles. The molecule has 3 heterocycles. The number of carbonyl (C=O) groups excluding carboxylic acids is 1. The van der Waals surface area contributed by atoms with Crippen molar-refractivity contribution in [3.05, 3.63) is 47.2 Å². The number of nitrogens with zero attached hydrogens (tertiary/aromatic N) is 4. The zero-order valence-electron chi connectivity index (χ0n) is 15.4. The lowest BCUT2D eigenvalue weighted by atomic mass is 10.1. The van der Waals surface area contributed by atoms with Gasteiger partial charge in [0, 0.05) is 23.6 Å². The average Bonchev–Trinajstić information content (AvgIpc) is 3.19. The fourth-order valence-electron chi connectivity index (χ4n) is 3.79. The van der Waals surface area contributed by atoms with Gasteiger partial charge in [-0.2, -0.15) is 0 Å². The predicted octanol–water partition coefficient (Wildman–Crippen LogP) is 1.55. The van der Waals surface area contributed by atoms with Crippen LogP contribution in [0.2, 0.25) is 0 Å². The van der Waals surface area contributed by atoms with E-state index in [0.29, 0.717) is 19.6 Å². The Bertz CT molecular complexity index is 956. The van der Waals surface area contributed by atoms with E-state index in [2.05, 4.69) is 45.6 Å². The number of nitrogens with one attached hydrogen (secondary N) is 2. The van der Waals surface area contributed by atoms with E-state index in [1.165, 1.54) is 16.5 Å². The number of aromatic amines is 1. The molecule has 7 nitrogen and oxygen atoms in total. The molecule has 1 aromatic carbocycles. The summed E-state index contributed by atoms with van der Waals surface area (Å²) in [5, 5.41) is 12.6. The van der Waals surface area contributed by atoms with Gasteiger partial charge in [-0.25, -0.2) is 0 Å². The van der Waals surface area contributed by atoms with E-state index in [0.717, 1.165) is 23.6 Å². The minimum atomic E-state index is -0.193. The molecule has 1 atom stereocenters. The molecular formula is C19H24N6O. The number of aryl methyl sites for hydroxylation is 2. The van der Waals surface area contributed by atoms with Crippen molar-refractivity contribution in [2.75, 3.05) is 13.6 Å². The highest BCUT2D eigenvalue weighted by atomic mass is 16.2.